The minimum atomic E-state index is -0.986. The Bertz CT molecular complexity index is 159. The molecular formula is C8H14O4. The van der Waals surface area contributed by atoms with E-state index in [2.05, 4.69) is 6.58 Å². The van der Waals surface area contributed by atoms with Gasteiger partial charge in [0.1, 0.15) is 18.3 Å². The van der Waals surface area contributed by atoms with Crippen LogP contribution in [0, 0.1) is 0 Å². The first-order chi connectivity index (χ1) is 5.70. The first-order valence-corrected chi connectivity index (χ1v) is 3.94. The number of aliphatic hydroxyl groups is 3. The molecule has 70 valence electrons. The average molecular weight is 174 g/mol. The van der Waals surface area contributed by atoms with Crippen LogP contribution in [-0.2, 0) is 4.74 Å². The van der Waals surface area contributed by atoms with Crippen molar-refractivity contribution in [1.82, 2.24) is 0 Å². The van der Waals surface area contributed by atoms with Gasteiger partial charge in [0.25, 0.3) is 0 Å². The molecule has 1 rings (SSSR count). The Morgan fingerprint density at radius 2 is 1.83 bits per heavy atom. The molecule has 1 aliphatic heterocycles. The Morgan fingerprint density at radius 1 is 1.25 bits per heavy atom. The van der Waals surface area contributed by atoms with E-state index in [1.54, 1.807) is 6.08 Å². The zero-order valence-electron chi connectivity index (χ0n) is 6.76. The van der Waals surface area contributed by atoms with E-state index >= 15 is 0 Å². The van der Waals surface area contributed by atoms with Gasteiger partial charge in [-0.15, -0.1) is 6.58 Å². The maximum Gasteiger partial charge on any atom is 0.111 e. The molecule has 1 fully saturated rings. The van der Waals surface area contributed by atoms with Crippen LogP contribution in [-0.4, -0.2) is 46.3 Å². The highest BCUT2D eigenvalue weighted by Gasteiger charge is 2.41. The van der Waals surface area contributed by atoms with E-state index in [0.29, 0.717) is 6.42 Å². The maximum absolute atomic E-state index is 9.36. The monoisotopic (exact) mass is 174 g/mol. The lowest BCUT2D eigenvalue weighted by Crippen LogP contribution is -2.33. The molecule has 1 heterocycles. The molecule has 1 saturated heterocycles. The molecule has 0 spiro atoms. The van der Waals surface area contributed by atoms with Crippen molar-refractivity contribution in [2.45, 2.75) is 30.8 Å². The fourth-order valence-corrected chi connectivity index (χ4v) is 1.34. The summed E-state index contributed by atoms with van der Waals surface area (Å²) in [6, 6.07) is 0. The summed E-state index contributed by atoms with van der Waals surface area (Å²) in [6.45, 7) is 3.23. The highest BCUT2D eigenvalue weighted by Crippen LogP contribution is 2.23. The molecule has 12 heavy (non-hydrogen) atoms. The fraction of sp³-hybridized carbons (Fsp3) is 0.750. The summed E-state index contributed by atoms with van der Waals surface area (Å²) in [5.41, 5.74) is 0. The lowest BCUT2D eigenvalue weighted by atomic mass is 10.1. The van der Waals surface area contributed by atoms with Crippen LogP contribution in [0.5, 0.6) is 0 Å². The van der Waals surface area contributed by atoms with Crippen LogP contribution in [0.1, 0.15) is 6.42 Å². The minimum absolute atomic E-state index is 0.272. The van der Waals surface area contributed by atoms with Crippen LogP contribution in [0.25, 0.3) is 0 Å². The third kappa shape index (κ3) is 1.67. The molecule has 0 saturated carbocycles. The van der Waals surface area contributed by atoms with Gasteiger partial charge in [-0.05, 0) is 6.42 Å². The zero-order chi connectivity index (χ0) is 9.14. The normalized spacial score (nSPS) is 41.6. The largest absolute Gasteiger partial charge is 0.394 e. The van der Waals surface area contributed by atoms with Crippen LogP contribution in [0.15, 0.2) is 12.7 Å². The topological polar surface area (TPSA) is 69.9 Å². The van der Waals surface area contributed by atoms with E-state index in [4.69, 9.17) is 9.84 Å². The number of rotatable bonds is 3. The average Bonchev–Trinajstić information content (AvgIpc) is 2.33. The first-order valence-electron chi connectivity index (χ1n) is 3.94. The van der Waals surface area contributed by atoms with Crippen molar-refractivity contribution in [3.8, 4) is 0 Å². The standard InChI is InChI=1S/C8H14O4/c1-2-3-5-7(10)8(11)6(4-9)12-5/h2,5-11H,1,3-4H2/t5-,6-,7+,8-/m1/s1. The van der Waals surface area contributed by atoms with Crippen molar-refractivity contribution in [2.75, 3.05) is 6.61 Å². The summed E-state index contributed by atoms with van der Waals surface area (Å²) >= 11 is 0. The number of ether oxygens (including phenoxy) is 1. The molecule has 0 amide bonds. The molecular weight excluding hydrogens is 160 g/mol. The lowest BCUT2D eigenvalue weighted by molar-refractivity contribution is -0.0208. The molecule has 0 aromatic rings. The van der Waals surface area contributed by atoms with E-state index < -0.39 is 24.4 Å². The smallest absolute Gasteiger partial charge is 0.111 e. The van der Waals surface area contributed by atoms with Crippen LogP contribution < -0.4 is 0 Å². The molecule has 0 bridgehead atoms. The minimum Gasteiger partial charge on any atom is -0.394 e. The van der Waals surface area contributed by atoms with Gasteiger partial charge < -0.3 is 20.1 Å². The highest BCUT2D eigenvalue weighted by atomic mass is 16.6. The lowest BCUT2D eigenvalue weighted by Gasteiger charge is -2.11. The van der Waals surface area contributed by atoms with E-state index in [1.165, 1.54) is 0 Å². The van der Waals surface area contributed by atoms with Gasteiger partial charge in [0.05, 0.1) is 12.7 Å². The van der Waals surface area contributed by atoms with Gasteiger partial charge in [0.15, 0.2) is 0 Å². The summed E-state index contributed by atoms with van der Waals surface area (Å²) in [4.78, 5) is 0. The Balaban J connectivity index is 2.53. The van der Waals surface area contributed by atoms with E-state index in [9.17, 15) is 10.2 Å². The summed E-state index contributed by atoms with van der Waals surface area (Å²) in [5, 5.41) is 27.4. The Hall–Kier alpha value is -0.420. The van der Waals surface area contributed by atoms with Gasteiger partial charge in [-0.25, -0.2) is 0 Å². The van der Waals surface area contributed by atoms with Crippen LogP contribution >= 0.6 is 0 Å². The van der Waals surface area contributed by atoms with Crippen molar-refractivity contribution >= 4 is 0 Å². The van der Waals surface area contributed by atoms with Crippen LogP contribution in [0.2, 0.25) is 0 Å². The molecule has 3 N–H and O–H groups in total. The predicted octanol–water partition coefficient (Wildman–Crippen LogP) is -0.956. The second-order valence-electron chi connectivity index (χ2n) is 2.90. The van der Waals surface area contributed by atoms with Gasteiger partial charge in [-0.2, -0.15) is 0 Å². The summed E-state index contributed by atoms with van der Waals surface area (Å²) < 4.78 is 5.15. The maximum atomic E-state index is 9.36. The molecule has 1 aliphatic rings. The molecule has 0 aliphatic carbocycles. The number of hydrogen-bond donors (Lipinski definition) is 3. The molecule has 4 heteroatoms. The van der Waals surface area contributed by atoms with Crippen molar-refractivity contribution in [2.24, 2.45) is 0 Å². The Morgan fingerprint density at radius 3 is 2.25 bits per heavy atom. The van der Waals surface area contributed by atoms with Gasteiger partial charge in [0, 0.05) is 0 Å². The highest BCUT2D eigenvalue weighted by molar-refractivity contribution is 4.93. The van der Waals surface area contributed by atoms with E-state index in [0.717, 1.165) is 0 Å². The fourth-order valence-electron chi connectivity index (χ4n) is 1.34. The number of hydrogen-bond acceptors (Lipinski definition) is 4. The molecule has 0 aromatic heterocycles. The summed E-state index contributed by atoms with van der Waals surface area (Å²) in [6.07, 6.45) is -0.908. The Labute approximate surface area is 71.1 Å². The summed E-state index contributed by atoms with van der Waals surface area (Å²) in [7, 11) is 0. The van der Waals surface area contributed by atoms with Gasteiger partial charge in [-0.3, -0.25) is 0 Å². The van der Waals surface area contributed by atoms with Gasteiger partial charge in [-0.1, -0.05) is 6.08 Å². The van der Waals surface area contributed by atoms with E-state index in [-0.39, 0.29) is 6.61 Å². The predicted molar refractivity (Wildman–Crippen MR) is 42.6 cm³/mol. The molecule has 4 atom stereocenters. The third-order valence-electron chi connectivity index (χ3n) is 2.04. The van der Waals surface area contributed by atoms with Crippen molar-refractivity contribution in [1.29, 1.82) is 0 Å². The molecule has 0 unspecified atom stereocenters. The molecule has 4 nitrogen and oxygen atoms in total. The Kier molecular flexibility index (Phi) is 3.22. The van der Waals surface area contributed by atoms with E-state index in [1.807, 2.05) is 0 Å². The molecule has 0 aromatic carbocycles. The second-order valence-corrected chi connectivity index (χ2v) is 2.90. The first kappa shape index (κ1) is 9.67. The zero-order valence-corrected chi connectivity index (χ0v) is 6.76. The quantitative estimate of drug-likeness (QED) is 0.482. The van der Waals surface area contributed by atoms with Crippen molar-refractivity contribution < 1.29 is 20.1 Å². The second kappa shape index (κ2) is 4.00. The van der Waals surface area contributed by atoms with Crippen molar-refractivity contribution in [3.05, 3.63) is 12.7 Å². The number of aliphatic hydroxyl groups excluding tert-OH is 3. The van der Waals surface area contributed by atoms with Crippen LogP contribution in [0.3, 0.4) is 0 Å². The summed E-state index contributed by atoms with van der Waals surface area (Å²) in [5.74, 6) is 0. The van der Waals surface area contributed by atoms with Gasteiger partial charge >= 0.3 is 0 Å². The third-order valence-corrected chi connectivity index (χ3v) is 2.04. The molecule has 0 radical (unpaired) electrons. The SMILES string of the molecule is C=CC[C@H]1O[C@H](CO)[C@@H](O)[C@H]1O. The van der Waals surface area contributed by atoms with Gasteiger partial charge in [0.2, 0.25) is 0 Å². The van der Waals surface area contributed by atoms with Crippen LogP contribution in [0.4, 0.5) is 0 Å². The van der Waals surface area contributed by atoms with Crippen molar-refractivity contribution in [3.63, 3.8) is 0 Å².